The molecule has 0 aliphatic heterocycles. The monoisotopic (exact) mass is 344 g/mol. The molecule has 1 unspecified atom stereocenters. The van der Waals surface area contributed by atoms with Crippen LogP contribution in [0.3, 0.4) is 0 Å². The number of hydrogen-bond acceptors (Lipinski definition) is 3. The van der Waals surface area contributed by atoms with Crippen LogP contribution in [0.15, 0.2) is 36.4 Å². The highest BCUT2D eigenvalue weighted by Crippen LogP contribution is 2.31. The van der Waals surface area contributed by atoms with Crippen LogP contribution in [-0.4, -0.2) is 4.92 Å². The molecule has 2 rings (SSSR count). The van der Waals surface area contributed by atoms with E-state index in [0.717, 1.165) is 5.56 Å². The lowest BCUT2D eigenvalue weighted by molar-refractivity contribution is -0.384. The van der Waals surface area contributed by atoms with E-state index in [4.69, 9.17) is 34.8 Å². The van der Waals surface area contributed by atoms with Crippen LogP contribution in [-0.2, 0) is 0 Å². The van der Waals surface area contributed by atoms with Crippen molar-refractivity contribution in [2.45, 2.75) is 13.0 Å². The molecule has 2 aromatic carbocycles. The number of nitro groups is 1. The summed E-state index contributed by atoms with van der Waals surface area (Å²) in [5.41, 5.74) is 1.38. The van der Waals surface area contributed by atoms with Gasteiger partial charge in [-0.3, -0.25) is 10.1 Å². The number of hydrogen-bond donors (Lipinski definition) is 1. The Morgan fingerprint density at radius 2 is 1.71 bits per heavy atom. The Labute approximate surface area is 136 Å². The molecule has 0 saturated heterocycles. The van der Waals surface area contributed by atoms with E-state index in [2.05, 4.69) is 5.32 Å². The fourth-order valence-corrected chi connectivity index (χ4v) is 2.35. The van der Waals surface area contributed by atoms with Gasteiger partial charge in [-0.1, -0.05) is 40.9 Å². The molecule has 0 bridgehead atoms. The highest BCUT2D eigenvalue weighted by atomic mass is 35.5. The van der Waals surface area contributed by atoms with Crippen LogP contribution in [0.25, 0.3) is 0 Å². The Kier molecular flexibility index (Phi) is 4.93. The fraction of sp³-hybridized carbons (Fsp3) is 0.143. The van der Waals surface area contributed by atoms with Crippen molar-refractivity contribution in [1.29, 1.82) is 0 Å². The van der Waals surface area contributed by atoms with Crippen molar-refractivity contribution in [3.63, 3.8) is 0 Å². The summed E-state index contributed by atoms with van der Waals surface area (Å²) in [4.78, 5) is 10.4. The van der Waals surface area contributed by atoms with Gasteiger partial charge in [-0.05, 0) is 36.8 Å². The zero-order valence-electron chi connectivity index (χ0n) is 10.9. The van der Waals surface area contributed by atoms with E-state index in [1.807, 2.05) is 13.0 Å². The minimum atomic E-state index is -0.517. The van der Waals surface area contributed by atoms with Gasteiger partial charge in [0.15, 0.2) is 0 Å². The van der Waals surface area contributed by atoms with E-state index in [-0.39, 0.29) is 16.8 Å². The van der Waals surface area contributed by atoms with E-state index < -0.39 is 4.92 Å². The van der Waals surface area contributed by atoms with Gasteiger partial charge in [-0.2, -0.15) is 0 Å². The molecular formula is C14H11Cl3N2O2. The van der Waals surface area contributed by atoms with Gasteiger partial charge >= 0.3 is 0 Å². The molecule has 110 valence electrons. The molecule has 4 nitrogen and oxygen atoms in total. The normalized spacial score (nSPS) is 12.0. The number of halogens is 3. The molecule has 2 aromatic rings. The molecule has 0 aromatic heterocycles. The summed E-state index contributed by atoms with van der Waals surface area (Å²) in [6, 6.07) is 9.79. The van der Waals surface area contributed by atoms with Crippen molar-refractivity contribution < 1.29 is 4.92 Å². The summed E-state index contributed by atoms with van der Waals surface area (Å²) in [5, 5.41) is 15.1. The predicted molar refractivity (Wildman–Crippen MR) is 86.6 cm³/mol. The van der Waals surface area contributed by atoms with Gasteiger partial charge in [0, 0.05) is 17.8 Å². The summed E-state index contributed by atoms with van der Waals surface area (Å²) in [6.07, 6.45) is 0. The number of anilines is 1. The van der Waals surface area contributed by atoms with Crippen LogP contribution in [0.5, 0.6) is 0 Å². The Bertz CT molecular complexity index is 692. The minimum Gasteiger partial charge on any atom is -0.378 e. The van der Waals surface area contributed by atoms with Crippen LogP contribution in [0.4, 0.5) is 11.4 Å². The smallest absolute Gasteiger partial charge is 0.289 e. The SMILES string of the molecule is CC(Nc1ccc(Cl)c([N+](=O)[O-])c1)c1ccc(Cl)c(Cl)c1. The molecule has 1 N–H and O–H groups in total. The van der Waals surface area contributed by atoms with Crippen molar-refractivity contribution in [1.82, 2.24) is 0 Å². The second-order valence-electron chi connectivity index (χ2n) is 4.46. The van der Waals surface area contributed by atoms with Gasteiger partial charge in [-0.25, -0.2) is 0 Å². The standard InChI is InChI=1S/C14H11Cl3N2O2/c1-8(9-2-4-11(15)13(17)6-9)18-10-3-5-12(16)14(7-10)19(20)21/h2-8,18H,1H3. The molecule has 0 aliphatic carbocycles. The third-order valence-electron chi connectivity index (χ3n) is 2.97. The van der Waals surface area contributed by atoms with E-state index in [9.17, 15) is 10.1 Å². The zero-order valence-corrected chi connectivity index (χ0v) is 13.2. The first-order valence-corrected chi connectivity index (χ1v) is 7.17. The molecule has 7 heteroatoms. The average molecular weight is 346 g/mol. The van der Waals surface area contributed by atoms with E-state index in [1.165, 1.54) is 12.1 Å². The zero-order chi connectivity index (χ0) is 15.6. The largest absolute Gasteiger partial charge is 0.378 e. The van der Waals surface area contributed by atoms with Crippen LogP contribution >= 0.6 is 34.8 Å². The summed E-state index contributed by atoms with van der Waals surface area (Å²) < 4.78 is 0. The number of nitrogens with one attached hydrogen (secondary N) is 1. The second-order valence-corrected chi connectivity index (χ2v) is 5.68. The summed E-state index contributed by atoms with van der Waals surface area (Å²) in [6.45, 7) is 1.92. The first-order chi connectivity index (χ1) is 9.88. The lowest BCUT2D eigenvalue weighted by Gasteiger charge is -2.16. The van der Waals surface area contributed by atoms with Crippen LogP contribution in [0, 0.1) is 10.1 Å². The Morgan fingerprint density at radius 3 is 2.33 bits per heavy atom. The number of rotatable bonds is 4. The van der Waals surface area contributed by atoms with E-state index >= 15 is 0 Å². The molecule has 0 fully saturated rings. The fourth-order valence-electron chi connectivity index (χ4n) is 1.86. The molecule has 0 aliphatic rings. The van der Waals surface area contributed by atoms with Crippen molar-refractivity contribution in [3.05, 3.63) is 67.1 Å². The molecule has 0 spiro atoms. The quantitative estimate of drug-likeness (QED) is 0.569. The number of nitrogens with zero attached hydrogens (tertiary/aromatic N) is 1. The van der Waals surface area contributed by atoms with Gasteiger partial charge in [-0.15, -0.1) is 0 Å². The highest BCUT2D eigenvalue weighted by molar-refractivity contribution is 6.42. The third-order valence-corrected chi connectivity index (χ3v) is 4.03. The molecule has 0 heterocycles. The Morgan fingerprint density at radius 1 is 1.05 bits per heavy atom. The highest BCUT2D eigenvalue weighted by Gasteiger charge is 2.14. The first kappa shape index (κ1) is 15.9. The Balaban J connectivity index is 2.23. The molecule has 0 amide bonds. The maximum atomic E-state index is 10.9. The van der Waals surface area contributed by atoms with Crippen molar-refractivity contribution in [3.8, 4) is 0 Å². The van der Waals surface area contributed by atoms with Crippen LogP contribution in [0.2, 0.25) is 15.1 Å². The van der Waals surface area contributed by atoms with Crippen molar-refractivity contribution in [2.24, 2.45) is 0 Å². The summed E-state index contributed by atoms with van der Waals surface area (Å²) in [7, 11) is 0. The lowest BCUT2D eigenvalue weighted by atomic mass is 10.1. The van der Waals surface area contributed by atoms with Crippen molar-refractivity contribution in [2.75, 3.05) is 5.32 Å². The van der Waals surface area contributed by atoms with Crippen molar-refractivity contribution >= 4 is 46.2 Å². The second kappa shape index (κ2) is 6.52. The Hall–Kier alpha value is -1.49. The van der Waals surface area contributed by atoms with Crippen LogP contribution in [0.1, 0.15) is 18.5 Å². The van der Waals surface area contributed by atoms with Gasteiger partial charge in [0.1, 0.15) is 5.02 Å². The maximum Gasteiger partial charge on any atom is 0.289 e. The van der Waals surface area contributed by atoms with Crippen LogP contribution < -0.4 is 5.32 Å². The molecule has 1 atom stereocenters. The van der Waals surface area contributed by atoms with Gasteiger partial charge in [0.25, 0.3) is 5.69 Å². The number of benzene rings is 2. The number of nitro benzene ring substituents is 1. The maximum absolute atomic E-state index is 10.9. The summed E-state index contributed by atoms with van der Waals surface area (Å²) >= 11 is 17.6. The molecule has 0 radical (unpaired) electrons. The van der Waals surface area contributed by atoms with E-state index in [1.54, 1.807) is 18.2 Å². The molecular weight excluding hydrogens is 335 g/mol. The topological polar surface area (TPSA) is 55.2 Å². The third kappa shape index (κ3) is 3.79. The predicted octanol–water partition coefficient (Wildman–Crippen LogP) is 5.73. The lowest BCUT2D eigenvalue weighted by Crippen LogP contribution is -2.07. The minimum absolute atomic E-state index is 0.0967. The molecule has 21 heavy (non-hydrogen) atoms. The van der Waals surface area contributed by atoms with Gasteiger partial charge in [0.2, 0.25) is 0 Å². The van der Waals surface area contributed by atoms with Gasteiger partial charge in [0.05, 0.1) is 15.0 Å². The average Bonchev–Trinajstić information content (AvgIpc) is 2.43. The van der Waals surface area contributed by atoms with Gasteiger partial charge < -0.3 is 5.32 Å². The molecule has 0 saturated carbocycles. The summed E-state index contributed by atoms with van der Waals surface area (Å²) in [5.74, 6) is 0. The van der Waals surface area contributed by atoms with E-state index in [0.29, 0.717) is 15.7 Å². The first-order valence-electron chi connectivity index (χ1n) is 6.04.